The summed E-state index contributed by atoms with van der Waals surface area (Å²) in [6.07, 6.45) is 6.38. The number of hydrogen-bond donors (Lipinski definition) is 0. The van der Waals surface area contributed by atoms with Crippen molar-refractivity contribution in [2.75, 3.05) is 32.7 Å². The number of amides is 1. The average Bonchev–Trinajstić information content (AvgIpc) is 3.19. The predicted molar refractivity (Wildman–Crippen MR) is 122 cm³/mol. The van der Waals surface area contributed by atoms with Gasteiger partial charge in [-0.2, -0.15) is 5.10 Å². The van der Waals surface area contributed by atoms with Crippen molar-refractivity contribution < 1.29 is 9.72 Å². The molecule has 1 amide bonds. The Labute approximate surface area is 187 Å². The van der Waals surface area contributed by atoms with Crippen molar-refractivity contribution in [2.24, 2.45) is 0 Å². The highest BCUT2D eigenvalue weighted by atomic mass is 16.6. The summed E-state index contributed by atoms with van der Waals surface area (Å²) in [7, 11) is 0. The van der Waals surface area contributed by atoms with Gasteiger partial charge in [0.25, 0.3) is 11.6 Å². The Kier molecular flexibility index (Phi) is 6.91. The molecule has 1 saturated heterocycles. The second kappa shape index (κ2) is 10.2. The summed E-state index contributed by atoms with van der Waals surface area (Å²) in [5.41, 5.74) is 2.59. The third-order valence-corrected chi connectivity index (χ3v) is 5.81. The zero-order valence-corrected chi connectivity index (χ0v) is 18.0. The maximum Gasteiger partial charge on any atom is 0.269 e. The molecule has 0 radical (unpaired) electrons. The lowest BCUT2D eigenvalue weighted by Gasteiger charge is -2.21. The second-order valence-corrected chi connectivity index (χ2v) is 8.02. The van der Waals surface area contributed by atoms with Gasteiger partial charge in [-0.05, 0) is 50.0 Å². The molecule has 32 heavy (non-hydrogen) atoms. The van der Waals surface area contributed by atoms with Crippen LogP contribution in [0.2, 0.25) is 0 Å². The van der Waals surface area contributed by atoms with Crippen LogP contribution in [0.25, 0.3) is 5.69 Å². The number of nitro benzene ring substituents is 1. The van der Waals surface area contributed by atoms with Crippen LogP contribution in [0.1, 0.15) is 28.8 Å². The molecule has 2 aromatic carbocycles. The van der Waals surface area contributed by atoms with E-state index in [1.807, 2.05) is 11.0 Å². The number of benzene rings is 2. The Morgan fingerprint density at radius 1 is 1.00 bits per heavy atom. The third kappa shape index (κ3) is 5.39. The average molecular weight is 434 g/mol. The molecule has 0 N–H and O–H groups in total. The first-order valence-corrected chi connectivity index (χ1v) is 11.0. The van der Waals surface area contributed by atoms with Gasteiger partial charge in [0.05, 0.1) is 22.4 Å². The van der Waals surface area contributed by atoms with Gasteiger partial charge in [0.1, 0.15) is 0 Å². The highest BCUT2D eigenvalue weighted by molar-refractivity contribution is 5.93. The summed E-state index contributed by atoms with van der Waals surface area (Å²) < 4.78 is 1.57. The topological polar surface area (TPSA) is 84.5 Å². The smallest absolute Gasteiger partial charge is 0.269 e. The standard InChI is InChI=1S/C24H27N5O3/c30-24(21-18-25-28(19-21)22-9-11-23(12-10-22)29(31)32)27-15-5-14-26(16-17-27)13-4-8-20-6-2-1-3-7-20/h1-3,6-7,9-12,18-19H,4-5,8,13-17H2. The molecule has 0 spiro atoms. The van der Waals surface area contributed by atoms with Crippen LogP contribution in [-0.2, 0) is 6.42 Å². The van der Waals surface area contributed by atoms with Crippen LogP contribution in [0, 0.1) is 10.1 Å². The first kappa shape index (κ1) is 21.7. The first-order valence-electron chi connectivity index (χ1n) is 11.0. The van der Waals surface area contributed by atoms with E-state index in [4.69, 9.17) is 0 Å². The Morgan fingerprint density at radius 3 is 2.53 bits per heavy atom. The Hall–Kier alpha value is -3.52. The molecular weight excluding hydrogens is 406 g/mol. The number of aryl methyl sites for hydroxylation is 1. The molecular formula is C24H27N5O3. The van der Waals surface area contributed by atoms with Gasteiger partial charge in [0, 0.05) is 38.0 Å². The lowest BCUT2D eigenvalue weighted by atomic mass is 10.1. The quantitative estimate of drug-likeness (QED) is 0.420. The van der Waals surface area contributed by atoms with E-state index in [2.05, 4.69) is 34.3 Å². The van der Waals surface area contributed by atoms with Gasteiger partial charge in [-0.1, -0.05) is 30.3 Å². The normalized spacial score (nSPS) is 14.8. The number of carbonyl (C=O) groups is 1. The van der Waals surface area contributed by atoms with E-state index >= 15 is 0 Å². The van der Waals surface area contributed by atoms with Crippen LogP contribution in [0.3, 0.4) is 0 Å². The molecule has 1 fully saturated rings. The van der Waals surface area contributed by atoms with Gasteiger partial charge in [0.2, 0.25) is 0 Å². The molecule has 166 valence electrons. The lowest BCUT2D eigenvalue weighted by molar-refractivity contribution is -0.384. The van der Waals surface area contributed by atoms with Crippen molar-refractivity contribution in [1.29, 1.82) is 0 Å². The van der Waals surface area contributed by atoms with E-state index in [9.17, 15) is 14.9 Å². The molecule has 0 atom stereocenters. The summed E-state index contributed by atoms with van der Waals surface area (Å²) in [5, 5.41) is 15.1. The molecule has 3 aromatic rings. The molecule has 4 rings (SSSR count). The van der Waals surface area contributed by atoms with Gasteiger partial charge < -0.3 is 9.80 Å². The molecule has 1 aromatic heterocycles. The minimum Gasteiger partial charge on any atom is -0.337 e. The molecule has 8 heteroatoms. The van der Waals surface area contributed by atoms with Crippen LogP contribution < -0.4 is 0 Å². The van der Waals surface area contributed by atoms with Crippen molar-refractivity contribution in [3.63, 3.8) is 0 Å². The van der Waals surface area contributed by atoms with Crippen LogP contribution in [0.15, 0.2) is 67.0 Å². The van der Waals surface area contributed by atoms with E-state index < -0.39 is 4.92 Å². The van der Waals surface area contributed by atoms with Gasteiger partial charge in [-0.15, -0.1) is 0 Å². The summed E-state index contributed by atoms with van der Waals surface area (Å²) in [6, 6.07) is 16.6. The van der Waals surface area contributed by atoms with Gasteiger partial charge in [-0.25, -0.2) is 4.68 Å². The van der Waals surface area contributed by atoms with Crippen molar-refractivity contribution in [3.05, 3.63) is 88.2 Å². The molecule has 1 aliphatic heterocycles. The Balaban J connectivity index is 1.30. The number of aromatic nitrogens is 2. The van der Waals surface area contributed by atoms with E-state index in [1.54, 1.807) is 29.2 Å². The van der Waals surface area contributed by atoms with Crippen molar-refractivity contribution in [2.45, 2.75) is 19.3 Å². The van der Waals surface area contributed by atoms with E-state index in [1.165, 1.54) is 17.7 Å². The fraction of sp³-hybridized carbons (Fsp3) is 0.333. The van der Waals surface area contributed by atoms with Crippen LogP contribution in [0.4, 0.5) is 5.69 Å². The van der Waals surface area contributed by atoms with Gasteiger partial charge >= 0.3 is 0 Å². The highest BCUT2D eigenvalue weighted by Crippen LogP contribution is 2.16. The SMILES string of the molecule is O=C(c1cnn(-c2ccc([N+](=O)[O-])cc2)c1)N1CCCN(CCCc2ccccc2)CC1. The summed E-state index contributed by atoms with van der Waals surface area (Å²) in [4.78, 5) is 27.7. The number of nitro groups is 1. The number of carbonyl (C=O) groups excluding carboxylic acids is 1. The monoisotopic (exact) mass is 433 g/mol. The van der Waals surface area contributed by atoms with Crippen molar-refractivity contribution >= 4 is 11.6 Å². The summed E-state index contributed by atoms with van der Waals surface area (Å²) in [6.45, 7) is 4.34. The molecule has 0 unspecified atom stereocenters. The molecule has 0 bridgehead atoms. The molecule has 1 aliphatic rings. The first-order chi connectivity index (χ1) is 15.6. The van der Waals surface area contributed by atoms with Crippen LogP contribution in [0.5, 0.6) is 0 Å². The van der Waals surface area contributed by atoms with Crippen molar-refractivity contribution in [3.8, 4) is 5.69 Å². The molecule has 0 aliphatic carbocycles. The third-order valence-electron chi connectivity index (χ3n) is 5.81. The number of rotatable bonds is 7. The van der Waals surface area contributed by atoms with Crippen molar-refractivity contribution in [1.82, 2.24) is 19.6 Å². The van der Waals surface area contributed by atoms with E-state index in [0.29, 0.717) is 17.8 Å². The van der Waals surface area contributed by atoms with E-state index in [0.717, 1.165) is 45.4 Å². The van der Waals surface area contributed by atoms with Crippen LogP contribution >= 0.6 is 0 Å². The highest BCUT2D eigenvalue weighted by Gasteiger charge is 2.21. The zero-order valence-electron chi connectivity index (χ0n) is 18.0. The maximum absolute atomic E-state index is 13.0. The van der Waals surface area contributed by atoms with Crippen LogP contribution in [-0.4, -0.2) is 63.1 Å². The summed E-state index contributed by atoms with van der Waals surface area (Å²) >= 11 is 0. The summed E-state index contributed by atoms with van der Waals surface area (Å²) in [5.74, 6) is -0.0238. The fourth-order valence-corrected chi connectivity index (χ4v) is 4.03. The molecule has 2 heterocycles. The zero-order chi connectivity index (χ0) is 22.3. The lowest BCUT2D eigenvalue weighted by Crippen LogP contribution is -2.35. The Bertz CT molecular complexity index is 1050. The number of nitrogens with zero attached hydrogens (tertiary/aromatic N) is 5. The fourth-order valence-electron chi connectivity index (χ4n) is 4.03. The predicted octanol–water partition coefficient (Wildman–Crippen LogP) is 3.56. The second-order valence-electron chi connectivity index (χ2n) is 8.02. The number of hydrogen-bond acceptors (Lipinski definition) is 5. The van der Waals surface area contributed by atoms with Gasteiger partial charge in [-0.3, -0.25) is 14.9 Å². The minimum absolute atomic E-state index is 0.0232. The molecule has 0 saturated carbocycles. The maximum atomic E-state index is 13.0. The Morgan fingerprint density at radius 2 is 1.78 bits per heavy atom. The van der Waals surface area contributed by atoms with Gasteiger partial charge in [0.15, 0.2) is 0 Å². The largest absolute Gasteiger partial charge is 0.337 e. The minimum atomic E-state index is -0.438. The molecule has 8 nitrogen and oxygen atoms in total. The van der Waals surface area contributed by atoms with E-state index in [-0.39, 0.29) is 11.6 Å². The number of non-ortho nitro benzene ring substituents is 1.